The molecular formula is C10H7N2O. The first-order valence-electron chi connectivity index (χ1n) is 3.83. The van der Waals surface area contributed by atoms with Gasteiger partial charge in [0, 0.05) is 17.6 Å². The van der Waals surface area contributed by atoms with Crippen LogP contribution >= 0.6 is 0 Å². The highest BCUT2D eigenvalue weighted by molar-refractivity contribution is 6.04. The van der Waals surface area contributed by atoms with Crippen LogP contribution in [0.4, 0.5) is 0 Å². The van der Waals surface area contributed by atoms with Gasteiger partial charge in [-0.05, 0) is 12.1 Å². The summed E-state index contributed by atoms with van der Waals surface area (Å²) in [4.78, 5) is 15.0. The van der Waals surface area contributed by atoms with Crippen LogP contribution in [0.25, 0.3) is 10.9 Å². The summed E-state index contributed by atoms with van der Waals surface area (Å²) in [6.07, 6.45) is 1.52. The summed E-state index contributed by atoms with van der Waals surface area (Å²) >= 11 is 0. The molecule has 0 bridgehead atoms. The molecule has 0 aliphatic carbocycles. The van der Waals surface area contributed by atoms with Gasteiger partial charge in [0.25, 0.3) is 5.91 Å². The number of hydrogen-bond donors (Lipinski definition) is 1. The molecule has 0 unspecified atom stereocenters. The van der Waals surface area contributed by atoms with Gasteiger partial charge in [-0.25, -0.2) is 0 Å². The van der Waals surface area contributed by atoms with Gasteiger partial charge in [0.2, 0.25) is 0 Å². The monoisotopic (exact) mass is 171 g/mol. The molecule has 0 aliphatic heterocycles. The van der Waals surface area contributed by atoms with E-state index in [1.165, 1.54) is 6.20 Å². The molecule has 0 saturated heterocycles. The van der Waals surface area contributed by atoms with Crippen molar-refractivity contribution >= 4 is 16.8 Å². The Bertz CT molecular complexity index is 460. The van der Waals surface area contributed by atoms with Crippen LogP contribution in [0.3, 0.4) is 0 Å². The number of amides is 1. The maximum atomic E-state index is 11.0. The number of primary amides is 1. The highest BCUT2D eigenvalue weighted by Crippen LogP contribution is 2.14. The Morgan fingerprint density at radius 1 is 1.46 bits per heavy atom. The molecule has 0 atom stereocenters. The van der Waals surface area contributed by atoms with Crippen molar-refractivity contribution in [2.24, 2.45) is 5.73 Å². The minimum Gasteiger partial charge on any atom is -0.366 e. The fraction of sp³-hybridized carbons (Fsp3) is 0. The van der Waals surface area contributed by atoms with Crippen molar-refractivity contribution in [1.82, 2.24) is 4.98 Å². The predicted octanol–water partition coefficient (Wildman–Crippen LogP) is 1.13. The van der Waals surface area contributed by atoms with Crippen molar-refractivity contribution in [3.8, 4) is 0 Å². The number of aromatic nitrogens is 1. The van der Waals surface area contributed by atoms with Crippen LogP contribution in [-0.2, 0) is 0 Å². The van der Waals surface area contributed by atoms with E-state index in [1.807, 2.05) is 6.07 Å². The first kappa shape index (κ1) is 7.73. The largest absolute Gasteiger partial charge is 0.366 e. The molecule has 1 aromatic heterocycles. The molecule has 63 valence electrons. The van der Waals surface area contributed by atoms with Gasteiger partial charge in [-0.15, -0.1) is 0 Å². The fourth-order valence-corrected chi connectivity index (χ4v) is 1.25. The highest BCUT2D eigenvalue weighted by Gasteiger charge is 2.05. The minimum absolute atomic E-state index is 0.450. The lowest BCUT2D eigenvalue weighted by Gasteiger charge is -1.99. The van der Waals surface area contributed by atoms with E-state index in [-0.39, 0.29) is 0 Å². The molecule has 0 saturated carbocycles. The van der Waals surface area contributed by atoms with Crippen LogP contribution in [0, 0.1) is 6.07 Å². The van der Waals surface area contributed by atoms with E-state index in [1.54, 1.807) is 18.2 Å². The lowest BCUT2D eigenvalue weighted by molar-refractivity contribution is 0.100. The second-order valence-corrected chi connectivity index (χ2v) is 2.68. The SMILES string of the molecule is NC(=O)c1cccc2c[c]cnc12. The third-order valence-corrected chi connectivity index (χ3v) is 1.84. The van der Waals surface area contributed by atoms with Gasteiger partial charge in [0.05, 0.1) is 11.1 Å². The Balaban J connectivity index is 2.83. The summed E-state index contributed by atoms with van der Waals surface area (Å²) in [6.45, 7) is 0. The fourth-order valence-electron chi connectivity index (χ4n) is 1.25. The second-order valence-electron chi connectivity index (χ2n) is 2.68. The van der Waals surface area contributed by atoms with Gasteiger partial charge in [-0.3, -0.25) is 9.78 Å². The van der Waals surface area contributed by atoms with Crippen molar-refractivity contribution in [2.75, 3.05) is 0 Å². The van der Waals surface area contributed by atoms with E-state index in [9.17, 15) is 4.79 Å². The van der Waals surface area contributed by atoms with Crippen LogP contribution in [0.15, 0.2) is 30.5 Å². The summed E-state index contributed by atoms with van der Waals surface area (Å²) in [6, 6.07) is 9.92. The summed E-state index contributed by atoms with van der Waals surface area (Å²) in [5.41, 5.74) is 6.27. The molecule has 1 heterocycles. The molecule has 3 nitrogen and oxygen atoms in total. The molecule has 2 rings (SSSR count). The molecular weight excluding hydrogens is 164 g/mol. The normalized spacial score (nSPS) is 10.2. The van der Waals surface area contributed by atoms with Gasteiger partial charge >= 0.3 is 0 Å². The Kier molecular flexibility index (Phi) is 1.70. The number of carbonyl (C=O) groups excluding carboxylic acids is 1. The van der Waals surface area contributed by atoms with Crippen LogP contribution in [-0.4, -0.2) is 10.9 Å². The lowest BCUT2D eigenvalue weighted by Crippen LogP contribution is -2.11. The molecule has 3 heteroatoms. The Hall–Kier alpha value is -1.90. The van der Waals surface area contributed by atoms with E-state index in [0.717, 1.165) is 5.39 Å². The van der Waals surface area contributed by atoms with Crippen molar-refractivity contribution in [3.63, 3.8) is 0 Å². The maximum Gasteiger partial charge on any atom is 0.250 e. The van der Waals surface area contributed by atoms with Crippen molar-refractivity contribution in [3.05, 3.63) is 42.1 Å². The number of para-hydroxylation sites is 1. The standard InChI is InChI=1S/C10H7N2O/c11-10(13)8-5-1-3-7-4-2-6-12-9(7)8/h1,3-6H,(H2,11,13). The van der Waals surface area contributed by atoms with E-state index in [4.69, 9.17) is 5.73 Å². The number of fused-ring (bicyclic) bond motifs is 1. The van der Waals surface area contributed by atoms with E-state index < -0.39 is 5.91 Å². The zero-order chi connectivity index (χ0) is 9.26. The molecule has 0 spiro atoms. The number of pyridine rings is 1. The Labute approximate surface area is 75.2 Å². The van der Waals surface area contributed by atoms with Crippen LogP contribution in [0.1, 0.15) is 10.4 Å². The molecule has 0 fully saturated rings. The lowest BCUT2D eigenvalue weighted by atomic mass is 10.1. The molecule has 13 heavy (non-hydrogen) atoms. The van der Waals surface area contributed by atoms with Gasteiger partial charge < -0.3 is 5.73 Å². The average Bonchev–Trinajstić information content (AvgIpc) is 2.17. The zero-order valence-electron chi connectivity index (χ0n) is 6.82. The molecule has 1 aromatic carbocycles. The van der Waals surface area contributed by atoms with Gasteiger partial charge in [0.1, 0.15) is 0 Å². The molecule has 2 N–H and O–H groups in total. The van der Waals surface area contributed by atoms with E-state index in [0.29, 0.717) is 11.1 Å². The van der Waals surface area contributed by atoms with Crippen LogP contribution < -0.4 is 5.73 Å². The number of benzene rings is 1. The molecule has 1 amide bonds. The first-order valence-corrected chi connectivity index (χ1v) is 3.83. The van der Waals surface area contributed by atoms with E-state index >= 15 is 0 Å². The average molecular weight is 171 g/mol. The van der Waals surface area contributed by atoms with Crippen molar-refractivity contribution in [1.29, 1.82) is 0 Å². The maximum absolute atomic E-state index is 11.0. The minimum atomic E-state index is -0.454. The summed E-state index contributed by atoms with van der Waals surface area (Å²) in [7, 11) is 0. The summed E-state index contributed by atoms with van der Waals surface area (Å²) < 4.78 is 0. The smallest absolute Gasteiger partial charge is 0.250 e. The van der Waals surface area contributed by atoms with Crippen LogP contribution in [0.5, 0.6) is 0 Å². The first-order chi connectivity index (χ1) is 6.29. The third-order valence-electron chi connectivity index (χ3n) is 1.84. The quantitative estimate of drug-likeness (QED) is 0.699. The third kappa shape index (κ3) is 1.24. The summed E-state index contributed by atoms with van der Waals surface area (Å²) in [5, 5.41) is 0.874. The molecule has 0 aliphatic rings. The van der Waals surface area contributed by atoms with Gasteiger partial charge in [0.15, 0.2) is 0 Å². The van der Waals surface area contributed by atoms with Crippen molar-refractivity contribution < 1.29 is 4.79 Å². The van der Waals surface area contributed by atoms with Gasteiger partial charge in [-0.1, -0.05) is 12.1 Å². The topological polar surface area (TPSA) is 56.0 Å². The number of hydrogen-bond acceptors (Lipinski definition) is 2. The Morgan fingerprint density at radius 3 is 3.08 bits per heavy atom. The van der Waals surface area contributed by atoms with E-state index in [2.05, 4.69) is 11.1 Å². The number of rotatable bonds is 1. The highest BCUT2D eigenvalue weighted by atomic mass is 16.1. The number of nitrogens with zero attached hydrogens (tertiary/aromatic N) is 1. The summed E-state index contributed by atoms with van der Waals surface area (Å²) in [5.74, 6) is -0.454. The van der Waals surface area contributed by atoms with Crippen LogP contribution in [0.2, 0.25) is 0 Å². The van der Waals surface area contributed by atoms with Gasteiger partial charge in [-0.2, -0.15) is 0 Å². The Morgan fingerprint density at radius 2 is 2.31 bits per heavy atom. The molecule has 1 radical (unpaired) electrons. The number of carbonyl (C=O) groups is 1. The number of nitrogens with two attached hydrogens (primary N) is 1. The van der Waals surface area contributed by atoms with Crippen molar-refractivity contribution in [2.45, 2.75) is 0 Å². The zero-order valence-corrected chi connectivity index (χ0v) is 6.82. The molecule has 2 aromatic rings. The second kappa shape index (κ2) is 2.86. The predicted molar refractivity (Wildman–Crippen MR) is 49.1 cm³/mol.